The van der Waals surface area contributed by atoms with Gasteiger partial charge in [0.25, 0.3) is 0 Å². The fourth-order valence-corrected chi connectivity index (χ4v) is 3.55. The van der Waals surface area contributed by atoms with Gasteiger partial charge >= 0.3 is 5.97 Å². The molecule has 0 radical (unpaired) electrons. The van der Waals surface area contributed by atoms with E-state index in [1.165, 1.54) is 22.3 Å². The zero-order valence-corrected chi connectivity index (χ0v) is 14.0. The summed E-state index contributed by atoms with van der Waals surface area (Å²) in [5, 5.41) is 0. The third-order valence-electron chi connectivity index (χ3n) is 4.67. The van der Waals surface area contributed by atoms with Gasteiger partial charge in [-0.05, 0) is 54.2 Å². The molecule has 2 aromatic rings. The van der Waals surface area contributed by atoms with Crippen LogP contribution in [0.3, 0.4) is 0 Å². The molecule has 2 N–H and O–H groups in total. The molecule has 23 heavy (non-hydrogen) atoms. The van der Waals surface area contributed by atoms with Crippen LogP contribution in [0.5, 0.6) is 0 Å². The van der Waals surface area contributed by atoms with Gasteiger partial charge in [0.2, 0.25) is 0 Å². The minimum Gasteiger partial charge on any atom is -0.465 e. The molecule has 1 aliphatic carbocycles. The molecule has 2 aromatic carbocycles. The minimum absolute atomic E-state index is 0.301. The fraction of sp³-hybridized carbons (Fsp3) is 0.350. The van der Waals surface area contributed by atoms with Gasteiger partial charge in [-0.1, -0.05) is 36.4 Å². The highest BCUT2D eigenvalue weighted by molar-refractivity contribution is 5.83. The molecular weight excluding hydrogens is 286 g/mol. The number of hydrogen-bond donors (Lipinski definition) is 1. The molecule has 0 amide bonds. The van der Waals surface area contributed by atoms with Crippen LogP contribution in [0.2, 0.25) is 0 Å². The molecule has 0 saturated heterocycles. The van der Waals surface area contributed by atoms with Crippen LogP contribution < -0.4 is 5.73 Å². The summed E-state index contributed by atoms with van der Waals surface area (Å²) < 4.78 is 5.15. The number of rotatable bonds is 3. The lowest BCUT2D eigenvalue weighted by atomic mass is 9.93. The van der Waals surface area contributed by atoms with Crippen LogP contribution in [0.1, 0.15) is 29.2 Å². The summed E-state index contributed by atoms with van der Waals surface area (Å²) in [6.45, 7) is 6.42. The van der Waals surface area contributed by atoms with Crippen molar-refractivity contribution in [1.82, 2.24) is 0 Å². The highest BCUT2D eigenvalue weighted by Gasteiger charge is 2.41. The van der Waals surface area contributed by atoms with Gasteiger partial charge in [-0.2, -0.15) is 0 Å². The van der Waals surface area contributed by atoms with Crippen molar-refractivity contribution in [2.75, 3.05) is 6.61 Å². The van der Waals surface area contributed by atoms with Crippen molar-refractivity contribution in [2.45, 2.75) is 39.2 Å². The van der Waals surface area contributed by atoms with Gasteiger partial charge in [-0.25, -0.2) is 0 Å². The summed E-state index contributed by atoms with van der Waals surface area (Å²) >= 11 is 0. The van der Waals surface area contributed by atoms with Gasteiger partial charge in [0.05, 0.1) is 6.61 Å². The Morgan fingerprint density at radius 3 is 2.43 bits per heavy atom. The zero-order chi connectivity index (χ0) is 16.6. The summed E-state index contributed by atoms with van der Waals surface area (Å²) in [5.74, 6) is -0.301. The van der Waals surface area contributed by atoms with Gasteiger partial charge in [-0.15, -0.1) is 0 Å². The van der Waals surface area contributed by atoms with Crippen LogP contribution in [0.25, 0.3) is 11.1 Å². The summed E-state index contributed by atoms with van der Waals surface area (Å²) in [7, 11) is 0. The molecular formula is C20H23NO2. The first-order valence-electron chi connectivity index (χ1n) is 8.09. The van der Waals surface area contributed by atoms with E-state index in [-0.39, 0.29) is 5.97 Å². The number of esters is 1. The second kappa shape index (κ2) is 5.82. The molecule has 0 aromatic heterocycles. The first kappa shape index (κ1) is 15.8. The van der Waals surface area contributed by atoms with Gasteiger partial charge < -0.3 is 10.5 Å². The minimum atomic E-state index is -0.919. The summed E-state index contributed by atoms with van der Waals surface area (Å²) in [6, 6.07) is 12.7. The average Bonchev–Trinajstić information content (AvgIpc) is 2.84. The molecule has 1 aliphatic rings. The molecule has 3 heteroatoms. The van der Waals surface area contributed by atoms with E-state index >= 15 is 0 Å². The SMILES string of the molecule is CCOC(=O)C1(N)Cc2ccc(-c3c(C)cccc3C)cc2C1. The zero-order valence-electron chi connectivity index (χ0n) is 14.0. The molecule has 120 valence electrons. The topological polar surface area (TPSA) is 52.3 Å². The van der Waals surface area contributed by atoms with Gasteiger partial charge in [-0.3, -0.25) is 4.79 Å². The number of hydrogen-bond acceptors (Lipinski definition) is 3. The maximum atomic E-state index is 12.2. The van der Waals surface area contributed by atoms with E-state index in [1.54, 1.807) is 0 Å². The molecule has 0 saturated carbocycles. The maximum absolute atomic E-state index is 12.2. The highest BCUT2D eigenvalue weighted by atomic mass is 16.5. The van der Waals surface area contributed by atoms with Crippen molar-refractivity contribution in [3.63, 3.8) is 0 Å². The van der Waals surface area contributed by atoms with E-state index < -0.39 is 5.54 Å². The van der Waals surface area contributed by atoms with Crippen molar-refractivity contribution in [1.29, 1.82) is 0 Å². The molecule has 3 rings (SSSR count). The summed E-state index contributed by atoms with van der Waals surface area (Å²) in [4.78, 5) is 12.2. The number of carbonyl (C=O) groups is 1. The lowest BCUT2D eigenvalue weighted by Gasteiger charge is -2.20. The van der Waals surface area contributed by atoms with E-state index in [0.717, 1.165) is 11.1 Å². The molecule has 0 fully saturated rings. The first-order valence-corrected chi connectivity index (χ1v) is 8.09. The lowest BCUT2D eigenvalue weighted by Crippen LogP contribution is -2.50. The van der Waals surface area contributed by atoms with Crippen molar-refractivity contribution in [3.8, 4) is 11.1 Å². The van der Waals surface area contributed by atoms with Crippen molar-refractivity contribution in [3.05, 3.63) is 58.7 Å². The first-order chi connectivity index (χ1) is 10.9. The Balaban J connectivity index is 1.97. The number of benzene rings is 2. The smallest absolute Gasteiger partial charge is 0.326 e. The van der Waals surface area contributed by atoms with Crippen LogP contribution in [0, 0.1) is 13.8 Å². The van der Waals surface area contributed by atoms with Crippen LogP contribution in [0.15, 0.2) is 36.4 Å². The van der Waals surface area contributed by atoms with E-state index in [4.69, 9.17) is 10.5 Å². The second-order valence-electron chi connectivity index (χ2n) is 6.48. The molecule has 0 aliphatic heterocycles. The van der Waals surface area contributed by atoms with E-state index in [0.29, 0.717) is 19.4 Å². The molecule has 0 bridgehead atoms. The Morgan fingerprint density at radius 1 is 1.13 bits per heavy atom. The number of nitrogens with two attached hydrogens (primary N) is 1. The quantitative estimate of drug-likeness (QED) is 0.885. The van der Waals surface area contributed by atoms with E-state index in [1.807, 2.05) is 6.92 Å². The number of ether oxygens (including phenoxy) is 1. The van der Waals surface area contributed by atoms with E-state index in [2.05, 4.69) is 50.2 Å². The molecule has 3 nitrogen and oxygen atoms in total. The largest absolute Gasteiger partial charge is 0.465 e. The predicted octanol–water partition coefficient (Wildman–Crippen LogP) is 3.33. The Bertz CT molecular complexity index is 746. The van der Waals surface area contributed by atoms with Gasteiger partial charge in [0.1, 0.15) is 5.54 Å². The second-order valence-corrected chi connectivity index (χ2v) is 6.48. The molecule has 0 spiro atoms. The number of aryl methyl sites for hydroxylation is 2. The normalized spacial score (nSPS) is 19.5. The Morgan fingerprint density at radius 2 is 1.78 bits per heavy atom. The third kappa shape index (κ3) is 2.77. The van der Waals surface area contributed by atoms with Gasteiger partial charge in [0.15, 0.2) is 0 Å². The summed E-state index contributed by atoms with van der Waals surface area (Å²) in [6.07, 6.45) is 1.09. The van der Waals surface area contributed by atoms with Crippen LogP contribution >= 0.6 is 0 Å². The fourth-order valence-electron chi connectivity index (χ4n) is 3.55. The maximum Gasteiger partial charge on any atom is 0.326 e. The van der Waals surface area contributed by atoms with Crippen molar-refractivity contribution in [2.24, 2.45) is 5.73 Å². The monoisotopic (exact) mass is 309 g/mol. The highest BCUT2D eigenvalue weighted by Crippen LogP contribution is 2.34. The standard InChI is InChI=1S/C20H23NO2/c1-4-23-19(22)20(21)11-16-9-8-15(10-17(16)12-20)18-13(2)6-5-7-14(18)3/h5-10H,4,11-12,21H2,1-3H3. The third-order valence-corrected chi connectivity index (χ3v) is 4.67. The lowest BCUT2D eigenvalue weighted by molar-refractivity contribution is -0.149. The Labute approximate surface area is 137 Å². The average molecular weight is 309 g/mol. The van der Waals surface area contributed by atoms with E-state index in [9.17, 15) is 4.79 Å². The Kier molecular flexibility index (Phi) is 3.99. The van der Waals surface area contributed by atoms with Crippen LogP contribution in [-0.2, 0) is 22.4 Å². The number of fused-ring (bicyclic) bond motifs is 1. The molecule has 0 heterocycles. The molecule has 1 unspecified atom stereocenters. The number of carbonyl (C=O) groups excluding carboxylic acids is 1. The summed E-state index contributed by atoms with van der Waals surface area (Å²) in [5.41, 5.74) is 12.7. The van der Waals surface area contributed by atoms with Crippen LogP contribution in [-0.4, -0.2) is 18.1 Å². The predicted molar refractivity (Wildman–Crippen MR) is 92.3 cm³/mol. The van der Waals surface area contributed by atoms with Gasteiger partial charge in [0, 0.05) is 12.8 Å². The van der Waals surface area contributed by atoms with Crippen molar-refractivity contribution >= 4 is 5.97 Å². The molecule has 1 atom stereocenters. The van der Waals surface area contributed by atoms with Crippen LogP contribution in [0.4, 0.5) is 0 Å². The van der Waals surface area contributed by atoms with Crippen molar-refractivity contribution < 1.29 is 9.53 Å². The Hall–Kier alpha value is -2.13.